The second-order valence-electron chi connectivity index (χ2n) is 4.69. The third-order valence-corrected chi connectivity index (χ3v) is 3.32. The largest absolute Gasteiger partial charge is 0.361 e. The Balaban J connectivity index is 2.12. The second kappa shape index (κ2) is 5.21. The minimum absolute atomic E-state index is 0.124. The van der Waals surface area contributed by atoms with Gasteiger partial charge in [0.2, 0.25) is 0 Å². The first-order valence-electron chi connectivity index (χ1n) is 6.39. The third-order valence-electron chi connectivity index (χ3n) is 3.32. The predicted molar refractivity (Wildman–Crippen MR) is 71.2 cm³/mol. The quantitative estimate of drug-likeness (QED) is 0.739. The van der Waals surface area contributed by atoms with E-state index < -0.39 is 0 Å². The zero-order chi connectivity index (χ0) is 12.1. The van der Waals surface area contributed by atoms with Gasteiger partial charge >= 0.3 is 0 Å². The first-order valence-corrected chi connectivity index (χ1v) is 6.39. The van der Waals surface area contributed by atoms with E-state index in [-0.39, 0.29) is 5.66 Å². The second-order valence-corrected chi connectivity index (χ2v) is 4.69. The number of hydrogen-bond acceptors (Lipinski definition) is 3. The Morgan fingerprint density at radius 2 is 1.82 bits per heavy atom. The molecule has 0 amide bonds. The van der Waals surface area contributed by atoms with E-state index in [0.29, 0.717) is 6.42 Å². The molecule has 17 heavy (non-hydrogen) atoms. The molecule has 2 N–H and O–H groups in total. The smallest absolute Gasteiger partial charge is 0.120 e. The van der Waals surface area contributed by atoms with Crippen LogP contribution in [0.25, 0.3) is 0 Å². The third kappa shape index (κ3) is 2.60. The standard InChI is InChI=1S/C14H20N2O/c1-2-3-9-14(10-6-11-17)15-12-7-4-5-8-13(12)16-14/h4-5,7-8,11,15-16H,2-3,6,9-10H2,1H3. The van der Waals surface area contributed by atoms with Gasteiger partial charge in [-0.15, -0.1) is 0 Å². The summed E-state index contributed by atoms with van der Waals surface area (Å²) < 4.78 is 0. The fraction of sp³-hybridized carbons (Fsp3) is 0.500. The minimum atomic E-state index is -0.124. The van der Waals surface area contributed by atoms with Crippen LogP contribution in [0.5, 0.6) is 0 Å². The highest BCUT2D eigenvalue weighted by atomic mass is 16.1. The van der Waals surface area contributed by atoms with E-state index in [0.717, 1.165) is 36.9 Å². The summed E-state index contributed by atoms with van der Waals surface area (Å²) in [6, 6.07) is 8.22. The Morgan fingerprint density at radius 3 is 2.35 bits per heavy atom. The Bertz CT molecular complexity index is 365. The number of fused-ring (bicyclic) bond motifs is 1. The zero-order valence-corrected chi connectivity index (χ0v) is 10.3. The molecule has 1 aliphatic heterocycles. The molecule has 1 heterocycles. The van der Waals surface area contributed by atoms with Gasteiger partial charge in [-0.2, -0.15) is 0 Å². The van der Waals surface area contributed by atoms with Gasteiger partial charge in [0.1, 0.15) is 11.9 Å². The van der Waals surface area contributed by atoms with Crippen LogP contribution in [0.15, 0.2) is 24.3 Å². The van der Waals surface area contributed by atoms with Crippen molar-refractivity contribution in [2.45, 2.75) is 44.7 Å². The van der Waals surface area contributed by atoms with Crippen LogP contribution in [0.4, 0.5) is 11.4 Å². The lowest BCUT2D eigenvalue weighted by Crippen LogP contribution is -2.41. The van der Waals surface area contributed by atoms with Crippen LogP contribution in [-0.4, -0.2) is 11.9 Å². The SMILES string of the molecule is CCCCC1(CCC=O)Nc2ccccc2N1. The summed E-state index contributed by atoms with van der Waals surface area (Å²) >= 11 is 0. The van der Waals surface area contributed by atoms with Gasteiger partial charge in [-0.25, -0.2) is 0 Å². The highest BCUT2D eigenvalue weighted by Crippen LogP contribution is 2.38. The number of carbonyl (C=O) groups excluding carboxylic acids is 1. The van der Waals surface area contributed by atoms with Gasteiger partial charge in [0.15, 0.2) is 0 Å². The molecule has 0 radical (unpaired) electrons. The number of unbranched alkanes of at least 4 members (excludes halogenated alkanes) is 1. The summed E-state index contributed by atoms with van der Waals surface area (Å²) in [6.45, 7) is 2.19. The molecule has 0 saturated carbocycles. The summed E-state index contributed by atoms with van der Waals surface area (Å²) in [5.41, 5.74) is 2.17. The van der Waals surface area contributed by atoms with Crippen LogP contribution in [0.3, 0.4) is 0 Å². The number of carbonyl (C=O) groups is 1. The van der Waals surface area contributed by atoms with Crippen LogP contribution in [0.2, 0.25) is 0 Å². The average Bonchev–Trinajstić information content (AvgIpc) is 2.73. The molecule has 0 aliphatic carbocycles. The molecular weight excluding hydrogens is 212 g/mol. The van der Waals surface area contributed by atoms with E-state index in [9.17, 15) is 4.79 Å². The molecule has 0 bridgehead atoms. The van der Waals surface area contributed by atoms with Crippen molar-refractivity contribution in [2.75, 3.05) is 10.6 Å². The Hall–Kier alpha value is -1.51. The van der Waals surface area contributed by atoms with Gasteiger partial charge in [-0.3, -0.25) is 0 Å². The average molecular weight is 232 g/mol. The molecule has 0 spiro atoms. The van der Waals surface area contributed by atoms with E-state index in [4.69, 9.17) is 0 Å². The van der Waals surface area contributed by atoms with Crippen LogP contribution >= 0.6 is 0 Å². The molecule has 0 saturated heterocycles. The maximum absolute atomic E-state index is 10.6. The molecule has 0 fully saturated rings. The number of nitrogens with one attached hydrogen (secondary N) is 2. The normalized spacial score (nSPS) is 15.8. The van der Waals surface area contributed by atoms with Gasteiger partial charge in [0, 0.05) is 6.42 Å². The van der Waals surface area contributed by atoms with Gasteiger partial charge in [0.25, 0.3) is 0 Å². The molecule has 1 aromatic rings. The van der Waals surface area contributed by atoms with E-state index in [1.165, 1.54) is 6.42 Å². The van der Waals surface area contributed by atoms with Crippen LogP contribution in [0.1, 0.15) is 39.0 Å². The Kier molecular flexibility index (Phi) is 3.67. The number of anilines is 2. The van der Waals surface area contributed by atoms with E-state index in [1.807, 2.05) is 12.1 Å². The van der Waals surface area contributed by atoms with Crippen LogP contribution < -0.4 is 10.6 Å². The molecule has 3 heteroatoms. The molecule has 0 aromatic heterocycles. The van der Waals surface area contributed by atoms with Gasteiger partial charge in [-0.05, 0) is 31.4 Å². The maximum atomic E-state index is 10.6. The van der Waals surface area contributed by atoms with Crippen molar-refractivity contribution in [3.63, 3.8) is 0 Å². The van der Waals surface area contributed by atoms with Crippen molar-refractivity contribution >= 4 is 17.7 Å². The lowest BCUT2D eigenvalue weighted by molar-refractivity contribution is -0.108. The number of hydrogen-bond donors (Lipinski definition) is 2. The monoisotopic (exact) mass is 232 g/mol. The van der Waals surface area contributed by atoms with E-state index >= 15 is 0 Å². The van der Waals surface area contributed by atoms with Crippen LogP contribution in [-0.2, 0) is 4.79 Å². The van der Waals surface area contributed by atoms with Crippen molar-refractivity contribution in [3.8, 4) is 0 Å². The van der Waals surface area contributed by atoms with Crippen molar-refractivity contribution in [2.24, 2.45) is 0 Å². The van der Waals surface area contributed by atoms with E-state index in [1.54, 1.807) is 0 Å². The summed E-state index contributed by atoms with van der Waals surface area (Å²) in [6.07, 6.45) is 5.81. The highest BCUT2D eigenvalue weighted by Gasteiger charge is 2.34. The molecule has 3 nitrogen and oxygen atoms in total. The lowest BCUT2D eigenvalue weighted by atomic mass is 9.98. The summed E-state index contributed by atoms with van der Waals surface area (Å²) in [5.74, 6) is 0. The number of para-hydroxylation sites is 2. The first-order chi connectivity index (χ1) is 8.29. The van der Waals surface area contributed by atoms with Crippen molar-refractivity contribution in [1.82, 2.24) is 0 Å². The van der Waals surface area contributed by atoms with Gasteiger partial charge in [0.05, 0.1) is 11.4 Å². The molecule has 1 aliphatic rings. The van der Waals surface area contributed by atoms with Crippen molar-refractivity contribution in [3.05, 3.63) is 24.3 Å². The highest BCUT2D eigenvalue weighted by molar-refractivity contribution is 5.76. The van der Waals surface area contributed by atoms with E-state index in [2.05, 4.69) is 29.7 Å². The number of rotatable bonds is 6. The van der Waals surface area contributed by atoms with Gasteiger partial charge in [-0.1, -0.05) is 25.5 Å². The Morgan fingerprint density at radius 1 is 1.18 bits per heavy atom. The van der Waals surface area contributed by atoms with Gasteiger partial charge < -0.3 is 15.4 Å². The number of aldehydes is 1. The summed E-state index contributed by atoms with van der Waals surface area (Å²) in [5, 5.41) is 7.10. The summed E-state index contributed by atoms with van der Waals surface area (Å²) in [4.78, 5) is 10.6. The topological polar surface area (TPSA) is 41.1 Å². The molecule has 0 unspecified atom stereocenters. The number of benzene rings is 1. The first kappa shape index (κ1) is 12.0. The maximum Gasteiger partial charge on any atom is 0.120 e. The molecule has 92 valence electrons. The lowest BCUT2D eigenvalue weighted by Gasteiger charge is -2.30. The zero-order valence-electron chi connectivity index (χ0n) is 10.3. The Labute approximate surface area is 103 Å². The summed E-state index contributed by atoms with van der Waals surface area (Å²) in [7, 11) is 0. The molecule has 0 atom stereocenters. The fourth-order valence-corrected chi connectivity index (χ4v) is 2.41. The van der Waals surface area contributed by atoms with Crippen LogP contribution in [0, 0.1) is 0 Å². The van der Waals surface area contributed by atoms with Crippen molar-refractivity contribution in [1.29, 1.82) is 0 Å². The molecule has 2 rings (SSSR count). The fourth-order valence-electron chi connectivity index (χ4n) is 2.41. The molecule has 1 aromatic carbocycles. The molecular formula is C14H20N2O. The van der Waals surface area contributed by atoms with Crippen molar-refractivity contribution < 1.29 is 4.79 Å². The predicted octanol–water partition coefficient (Wildman–Crippen LogP) is 3.39. The minimum Gasteiger partial charge on any atom is -0.361 e.